The Morgan fingerprint density at radius 2 is 1.89 bits per heavy atom. The van der Waals surface area contributed by atoms with Crippen molar-refractivity contribution < 1.29 is 9.18 Å². The number of piperidine rings is 3. The normalized spacial score (nSPS) is 30.2. The smallest absolute Gasteiger partial charge is 0.251 e. The number of amides is 1. The molecule has 0 aromatic heterocycles. The molecule has 3 aliphatic heterocycles. The fraction of sp³-hybridized carbons (Fsp3) is 0.500. The number of carbonyl (C=O) groups is 1. The molecule has 1 N–H and O–H groups in total. The van der Waals surface area contributed by atoms with E-state index in [0.717, 1.165) is 19.6 Å². The predicted molar refractivity (Wildman–Crippen MR) is 66.8 cm³/mol. The van der Waals surface area contributed by atoms with Gasteiger partial charge in [-0.3, -0.25) is 4.79 Å². The summed E-state index contributed by atoms with van der Waals surface area (Å²) in [4.78, 5) is 14.4. The first-order valence-electron chi connectivity index (χ1n) is 6.51. The van der Waals surface area contributed by atoms with Gasteiger partial charge in [0.05, 0.1) is 0 Å². The molecular formula is C14H17FN2O. The second-order valence-corrected chi connectivity index (χ2v) is 5.22. The van der Waals surface area contributed by atoms with E-state index in [9.17, 15) is 9.18 Å². The maximum atomic E-state index is 12.8. The molecule has 0 spiro atoms. The van der Waals surface area contributed by atoms with Crippen molar-refractivity contribution in [3.63, 3.8) is 0 Å². The lowest BCUT2D eigenvalue weighted by Crippen LogP contribution is -2.57. The summed E-state index contributed by atoms with van der Waals surface area (Å²) in [7, 11) is 0. The molecular weight excluding hydrogens is 231 g/mol. The van der Waals surface area contributed by atoms with Gasteiger partial charge in [0.15, 0.2) is 0 Å². The van der Waals surface area contributed by atoms with Crippen molar-refractivity contribution in [1.29, 1.82) is 0 Å². The molecule has 0 radical (unpaired) electrons. The van der Waals surface area contributed by atoms with Crippen LogP contribution in [0.4, 0.5) is 4.39 Å². The third-order valence-corrected chi connectivity index (χ3v) is 4.08. The first-order chi connectivity index (χ1) is 8.72. The molecule has 0 unspecified atom stereocenters. The highest BCUT2D eigenvalue weighted by Gasteiger charge is 2.34. The third kappa shape index (κ3) is 2.25. The van der Waals surface area contributed by atoms with Crippen molar-refractivity contribution in [2.75, 3.05) is 19.6 Å². The van der Waals surface area contributed by atoms with E-state index in [1.165, 1.54) is 37.1 Å². The molecule has 96 valence electrons. The molecule has 3 nitrogen and oxygen atoms in total. The van der Waals surface area contributed by atoms with E-state index in [1.54, 1.807) is 0 Å². The summed E-state index contributed by atoms with van der Waals surface area (Å²) in [6.07, 6.45) is 2.35. The Hall–Kier alpha value is -1.42. The molecule has 1 atom stereocenters. The highest BCUT2D eigenvalue weighted by Crippen LogP contribution is 2.27. The van der Waals surface area contributed by atoms with Crippen molar-refractivity contribution in [2.24, 2.45) is 5.92 Å². The summed E-state index contributed by atoms with van der Waals surface area (Å²) in [5.41, 5.74) is 0.535. The molecule has 1 aromatic rings. The lowest BCUT2D eigenvalue weighted by molar-refractivity contribution is 0.0620. The zero-order valence-electron chi connectivity index (χ0n) is 10.2. The van der Waals surface area contributed by atoms with E-state index >= 15 is 0 Å². The lowest BCUT2D eigenvalue weighted by Gasteiger charge is -2.44. The van der Waals surface area contributed by atoms with Crippen LogP contribution in [0.3, 0.4) is 0 Å². The van der Waals surface area contributed by atoms with E-state index in [-0.39, 0.29) is 17.8 Å². The van der Waals surface area contributed by atoms with Crippen LogP contribution < -0.4 is 5.32 Å². The molecule has 2 bridgehead atoms. The van der Waals surface area contributed by atoms with Crippen molar-refractivity contribution in [2.45, 2.75) is 18.9 Å². The van der Waals surface area contributed by atoms with Gasteiger partial charge in [-0.2, -0.15) is 0 Å². The fourth-order valence-corrected chi connectivity index (χ4v) is 2.98. The van der Waals surface area contributed by atoms with Gasteiger partial charge in [0, 0.05) is 18.2 Å². The minimum Gasteiger partial charge on any atom is -0.348 e. The lowest BCUT2D eigenvalue weighted by atomic mass is 9.84. The van der Waals surface area contributed by atoms with E-state index in [2.05, 4.69) is 10.2 Å². The summed E-state index contributed by atoms with van der Waals surface area (Å²) in [6.45, 7) is 3.28. The van der Waals surface area contributed by atoms with Crippen LogP contribution in [0.15, 0.2) is 24.3 Å². The Kier molecular flexibility index (Phi) is 3.04. The number of nitrogens with one attached hydrogen (secondary N) is 1. The topological polar surface area (TPSA) is 32.3 Å². The number of rotatable bonds is 2. The minimum absolute atomic E-state index is 0.0891. The molecule has 0 aliphatic carbocycles. The van der Waals surface area contributed by atoms with Gasteiger partial charge in [0.2, 0.25) is 0 Å². The highest BCUT2D eigenvalue weighted by molar-refractivity contribution is 5.94. The monoisotopic (exact) mass is 248 g/mol. The standard InChI is InChI=1S/C14H17FN2O/c15-12-3-1-11(2-4-12)14(18)16-13-9-17-7-5-10(13)6-8-17/h1-4,10,13H,5-9H2,(H,16,18)/t13-/m0/s1. The Morgan fingerprint density at radius 1 is 1.22 bits per heavy atom. The first kappa shape index (κ1) is 11.7. The van der Waals surface area contributed by atoms with E-state index in [0.29, 0.717) is 11.5 Å². The van der Waals surface area contributed by atoms with E-state index in [4.69, 9.17) is 0 Å². The van der Waals surface area contributed by atoms with E-state index < -0.39 is 0 Å². The maximum absolute atomic E-state index is 12.8. The second-order valence-electron chi connectivity index (χ2n) is 5.22. The van der Waals surface area contributed by atoms with Crippen LogP contribution in [0.5, 0.6) is 0 Å². The van der Waals surface area contributed by atoms with Gasteiger partial charge in [-0.1, -0.05) is 0 Å². The fourth-order valence-electron chi connectivity index (χ4n) is 2.98. The van der Waals surface area contributed by atoms with Crippen LogP contribution in [0.2, 0.25) is 0 Å². The van der Waals surface area contributed by atoms with Crippen LogP contribution in [-0.4, -0.2) is 36.5 Å². The number of halogens is 1. The Bertz CT molecular complexity index is 438. The van der Waals surface area contributed by atoms with Gasteiger partial charge in [0.25, 0.3) is 5.91 Å². The zero-order chi connectivity index (χ0) is 12.5. The number of hydrogen-bond donors (Lipinski definition) is 1. The van der Waals surface area contributed by atoms with Crippen LogP contribution >= 0.6 is 0 Å². The minimum atomic E-state index is -0.311. The van der Waals surface area contributed by atoms with E-state index in [1.807, 2.05) is 0 Å². The third-order valence-electron chi connectivity index (χ3n) is 4.08. The molecule has 3 saturated heterocycles. The Morgan fingerprint density at radius 3 is 2.44 bits per heavy atom. The molecule has 1 aromatic carbocycles. The van der Waals surface area contributed by atoms with Crippen LogP contribution in [0.1, 0.15) is 23.2 Å². The largest absolute Gasteiger partial charge is 0.348 e. The molecule has 3 heterocycles. The zero-order valence-corrected chi connectivity index (χ0v) is 10.2. The summed E-state index contributed by atoms with van der Waals surface area (Å²) < 4.78 is 12.8. The van der Waals surface area contributed by atoms with Gasteiger partial charge in [-0.05, 0) is 56.1 Å². The van der Waals surface area contributed by atoms with Gasteiger partial charge >= 0.3 is 0 Å². The average molecular weight is 248 g/mol. The summed E-state index contributed by atoms with van der Waals surface area (Å²) in [6, 6.07) is 5.97. The molecule has 3 fully saturated rings. The van der Waals surface area contributed by atoms with Crippen molar-refractivity contribution in [1.82, 2.24) is 10.2 Å². The number of nitrogens with zero attached hydrogens (tertiary/aromatic N) is 1. The summed E-state index contributed by atoms with van der Waals surface area (Å²) in [5, 5.41) is 3.08. The van der Waals surface area contributed by atoms with Crippen LogP contribution in [-0.2, 0) is 0 Å². The maximum Gasteiger partial charge on any atom is 0.251 e. The van der Waals surface area contributed by atoms with Gasteiger partial charge in [-0.15, -0.1) is 0 Å². The van der Waals surface area contributed by atoms with Crippen molar-refractivity contribution in [3.05, 3.63) is 35.6 Å². The number of hydrogen-bond acceptors (Lipinski definition) is 2. The molecule has 4 rings (SSSR count). The number of carbonyl (C=O) groups excluding carboxylic acids is 1. The molecule has 1 amide bonds. The molecule has 0 saturated carbocycles. The van der Waals surface area contributed by atoms with Gasteiger partial charge in [-0.25, -0.2) is 4.39 Å². The Labute approximate surface area is 106 Å². The van der Waals surface area contributed by atoms with Crippen molar-refractivity contribution in [3.8, 4) is 0 Å². The number of fused-ring (bicyclic) bond motifs is 3. The van der Waals surface area contributed by atoms with Gasteiger partial charge in [0.1, 0.15) is 5.82 Å². The molecule has 3 aliphatic rings. The molecule has 18 heavy (non-hydrogen) atoms. The molecule has 4 heteroatoms. The van der Waals surface area contributed by atoms with Crippen molar-refractivity contribution >= 4 is 5.91 Å². The summed E-state index contributed by atoms with van der Waals surface area (Å²) in [5.74, 6) is 0.211. The number of benzene rings is 1. The van der Waals surface area contributed by atoms with Crippen LogP contribution in [0, 0.1) is 11.7 Å². The predicted octanol–water partition coefficient (Wildman–Crippen LogP) is 1.65. The second kappa shape index (κ2) is 4.69. The average Bonchev–Trinajstić information content (AvgIpc) is 2.41. The highest BCUT2D eigenvalue weighted by atomic mass is 19.1. The van der Waals surface area contributed by atoms with Crippen LogP contribution in [0.25, 0.3) is 0 Å². The summed E-state index contributed by atoms with van der Waals surface area (Å²) >= 11 is 0. The Balaban J connectivity index is 1.66. The van der Waals surface area contributed by atoms with Gasteiger partial charge < -0.3 is 10.2 Å². The quantitative estimate of drug-likeness (QED) is 0.863. The first-order valence-corrected chi connectivity index (χ1v) is 6.51. The SMILES string of the molecule is O=C(N[C@H]1CN2CCC1CC2)c1ccc(F)cc1.